The Hall–Kier alpha value is -3.17. The molecule has 0 aliphatic carbocycles. The second-order valence-corrected chi connectivity index (χ2v) is 6.87. The molecule has 2 aromatic carbocycles. The van der Waals surface area contributed by atoms with Crippen LogP contribution in [0.1, 0.15) is 23.7 Å². The van der Waals surface area contributed by atoms with E-state index < -0.39 is 12.1 Å². The zero-order valence-electron chi connectivity index (χ0n) is 15.0. The molecule has 0 aliphatic rings. The third-order valence-corrected chi connectivity index (χ3v) is 4.78. The average molecular weight is 378 g/mol. The van der Waals surface area contributed by atoms with E-state index in [1.165, 1.54) is 16.9 Å². The van der Waals surface area contributed by atoms with Gasteiger partial charge in [0, 0.05) is 10.9 Å². The summed E-state index contributed by atoms with van der Waals surface area (Å²) in [6.07, 6.45) is -0.756. The molecular formula is C21H18N2O3S. The number of thiazole rings is 1. The number of hydrogen-bond donors (Lipinski definition) is 0. The summed E-state index contributed by atoms with van der Waals surface area (Å²) in [6.45, 7) is 3.76. The van der Waals surface area contributed by atoms with Crippen molar-refractivity contribution in [2.45, 2.75) is 26.6 Å². The van der Waals surface area contributed by atoms with E-state index in [1.54, 1.807) is 31.2 Å². The number of ether oxygens (including phenoxy) is 2. The maximum absolute atomic E-state index is 12.1. The van der Waals surface area contributed by atoms with E-state index in [0.717, 1.165) is 10.6 Å². The van der Waals surface area contributed by atoms with E-state index in [1.807, 2.05) is 42.6 Å². The summed E-state index contributed by atoms with van der Waals surface area (Å²) in [7, 11) is 0. The first-order valence-corrected chi connectivity index (χ1v) is 9.28. The zero-order chi connectivity index (χ0) is 19.2. The highest BCUT2D eigenvalue weighted by atomic mass is 32.1. The largest absolute Gasteiger partial charge is 0.479 e. The van der Waals surface area contributed by atoms with Crippen molar-refractivity contribution >= 4 is 17.3 Å². The van der Waals surface area contributed by atoms with Crippen LogP contribution in [-0.4, -0.2) is 17.1 Å². The first-order chi connectivity index (χ1) is 13.0. The quantitative estimate of drug-likeness (QED) is 0.591. The molecule has 3 aromatic rings. The Morgan fingerprint density at radius 2 is 1.89 bits per heavy atom. The molecule has 0 aliphatic heterocycles. The van der Waals surface area contributed by atoms with Gasteiger partial charge in [-0.1, -0.05) is 29.8 Å². The Morgan fingerprint density at radius 3 is 2.56 bits per heavy atom. The molecule has 1 heterocycles. The number of benzene rings is 2. The van der Waals surface area contributed by atoms with Gasteiger partial charge in [0.1, 0.15) is 17.4 Å². The van der Waals surface area contributed by atoms with E-state index in [0.29, 0.717) is 17.0 Å². The monoisotopic (exact) mass is 378 g/mol. The van der Waals surface area contributed by atoms with Crippen LogP contribution in [0.25, 0.3) is 10.6 Å². The smallest absolute Gasteiger partial charge is 0.347 e. The molecular weight excluding hydrogens is 360 g/mol. The number of aromatic nitrogens is 1. The van der Waals surface area contributed by atoms with Crippen molar-refractivity contribution < 1.29 is 14.3 Å². The van der Waals surface area contributed by atoms with Crippen LogP contribution in [0, 0.1) is 18.3 Å². The Labute approximate surface area is 161 Å². The normalized spacial score (nSPS) is 11.4. The van der Waals surface area contributed by atoms with Crippen molar-refractivity contribution in [2.24, 2.45) is 0 Å². The SMILES string of the molecule is Cc1ccc(-c2nc(COC(=O)[C@H](C)Oc3ccc(C#N)cc3)cs2)cc1. The molecule has 1 aromatic heterocycles. The molecule has 5 nitrogen and oxygen atoms in total. The molecule has 1 atom stereocenters. The molecule has 0 saturated heterocycles. The van der Waals surface area contributed by atoms with Gasteiger partial charge in [0.15, 0.2) is 6.10 Å². The highest BCUT2D eigenvalue weighted by molar-refractivity contribution is 7.13. The van der Waals surface area contributed by atoms with Gasteiger partial charge in [-0.3, -0.25) is 0 Å². The van der Waals surface area contributed by atoms with E-state index in [2.05, 4.69) is 4.98 Å². The second-order valence-electron chi connectivity index (χ2n) is 6.01. The summed E-state index contributed by atoms with van der Waals surface area (Å²) < 4.78 is 10.9. The molecule has 136 valence electrons. The van der Waals surface area contributed by atoms with Gasteiger partial charge < -0.3 is 9.47 Å². The molecule has 0 fully saturated rings. The maximum Gasteiger partial charge on any atom is 0.347 e. The van der Waals surface area contributed by atoms with Gasteiger partial charge >= 0.3 is 5.97 Å². The summed E-state index contributed by atoms with van der Waals surface area (Å²) in [5.74, 6) is 0.0398. The summed E-state index contributed by atoms with van der Waals surface area (Å²) in [5, 5.41) is 11.6. The molecule has 0 spiro atoms. The van der Waals surface area contributed by atoms with Crippen molar-refractivity contribution in [1.29, 1.82) is 5.26 Å². The highest BCUT2D eigenvalue weighted by Crippen LogP contribution is 2.24. The second kappa shape index (κ2) is 8.47. The van der Waals surface area contributed by atoms with Gasteiger partial charge in [0.25, 0.3) is 0 Å². The van der Waals surface area contributed by atoms with Crippen molar-refractivity contribution in [3.8, 4) is 22.4 Å². The van der Waals surface area contributed by atoms with Crippen LogP contribution in [0.2, 0.25) is 0 Å². The lowest BCUT2D eigenvalue weighted by Crippen LogP contribution is -2.26. The number of hydrogen-bond acceptors (Lipinski definition) is 6. The Kier molecular flexibility index (Phi) is 5.84. The molecule has 0 unspecified atom stereocenters. The Balaban J connectivity index is 1.54. The predicted molar refractivity (Wildman–Crippen MR) is 103 cm³/mol. The topological polar surface area (TPSA) is 72.2 Å². The van der Waals surface area contributed by atoms with Crippen LogP contribution in [0.15, 0.2) is 53.9 Å². The summed E-state index contributed by atoms with van der Waals surface area (Å²) in [5.41, 5.74) is 3.47. The Bertz CT molecular complexity index is 956. The number of carbonyl (C=O) groups is 1. The fourth-order valence-corrected chi connectivity index (χ4v) is 3.14. The summed E-state index contributed by atoms with van der Waals surface area (Å²) in [4.78, 5) is 16.6. The lowest BCUT2D eigenvalue weighted by atomic mass is 10.2. The van der Waals surface area contributed by atoms with Crippen LogP contribution < -0.4 is 4.74 Å². The van der Waals surface area contributed by atoms with Gasteiger partial charge in [0.05, 0.1) is 17.3 Å². The lowest BCUT2D eigenvalue weighted by Gasteiger charge is -2.13. The van der Waals surface area contributed by atoms with Crippen LogP contribution >= 0.6 is 11.3 Å². The van der Waals surface area contributed by atoms with E-state index in [9.17, 15) is 4.79 Å². The summed E-state index contributed by atoms with van der Waals surface area (Å²) >= 11 is 1.51. The highest BCUT2D eigenvalue weighted by Gasteiger charge is 2.17. The van der Waals surface area contributed by atoms with Gasteiger partial charge in [-0.25, -0.2) is 9.78 Å². The molecule has 0 bridgehead atoms. The molecule has 27 heavy (non-hydrogen) atoms. The van der Waals surface area contributed by atoms with Crippen molar-refractivity contribution in [3.63, 3.8) is 0 Å². The number of carbonyl (C=O) groups excluding carboxylic acids is 1. The molecule has 6 heteroatoms. The van der Waals surface area contributed by atoms with E-state index in [4.69, 9.17) is 14.7 Å². The fourth-order valence-electron chi connectivity index (χ4n) is 2.32. The van der Waals surface area contributed by atoms with Crippen LogP contribution in [0.3, 0.4) is 0 Å². The third-order valence-electron chi connectivity index (χ3n) is 3.84. The summed E-state index contributed by atoms with van der Waals surface area (Å²) in [6, 6.07) is 16.7. The molecule has 0 N–H and O–H groups in total. The number of nitriles is 1. The van der Waals surface area contributed by atoms with Gasteiger partial charge in [-0.15, -0.1) is 11.3 Å². The van der Waals surface area contributed by atoms with E-state index in [-0.39, 0.29) is 6.61 Å². The van der Waals surface area contributed by atoms with Crippen molar-refractivity contribution in [2.75, 3.05) is 0 Å². The van der Waals surface area contributed by atoms with Crippen LogP contribution in [0.5, 0.6) is 5.75 Å². The van der Waals surface area contributed by atoms with Gasteiger partial charge in [-0.05, 0) is 38.1 Å². The molecule has 3 rings (SSSR count). The standard InChI is InChI=1S/C21H18N2O3S/c1-14-3-7-17(8-4-14)20-23-18(13-27-20)12-25-21(24)15(2)26-19-9-5-16(11-22)6-10-19/h3-10,13,15H,12H2,1-2H3/t15-/m0/s1. The van der Waals surface area contributed by atoms with Crippen molar-refractivity contribution in [1.82, 2.24) is 4.98 Å². The van der Waals surface area contributed by atoms with Crippen molar-refractivity contribution in [3.05, 3.63) is 70.7 Å². The first kappa shape index (κ1) is 18.6. The maximum atomic E-state index is 12.1. The number of esters is 1. The van der Waals surface area contributed by atoms with E-state index >= 15 is 0 Å². The zero-order valence-corrected chi connectivity index (χ0v) is 15.8. The first-order valence-electron chi connectivity index (χ1n) is 8.40. The minimum atomic E-state index is -0.756. The predicted octanol–water partition coefficient (Wildman–Crippen LogP) is 4.50. The molecule has 0 saturated carbocycles. The number of nitrogens with zero attached hydrogens (tertiary/aromatic N) is 2. The Morgan fingerprint density at radius 1 is 1.19 bits per heavy atom. The number of rotatable bonds is 6. The molecule has 0 radical (unpaired) electrons. The third kappa shape index (κ3) is 4.93. The number of aryl methyl sites for hydroxylation is 1. The lowest BCUT2D eigenvalue weighted by molar-refractivity contribution is -0.152. The minimum Gasteiger partial charge on any atom is -0.479 e. The average Bonchev–Trinajstić information content (AvgIpc) is 3.16. The van der Waals surface area contributed by atoms with Crippen LogP contribution in [0.4, 0.5) is 0 Å². The minimum absolute atomic E-state index is 0.0995. The van der Waals surface area contributed by atoms with Crippen LogP contribution in [-0.2, 0) is 16.1 Å². The van der Waals surface area contributed by atoms with Gasteiger partial charge in [-0.2, -0.15) is 5.26 Å². The molecule has 0 amide bonds. The fraction of sp³-hybridized carbons (Fsp3) is 0.190. The van der Waals surface area contributed by atoms with Gasteiger partial charge in [0.2, 0.25) is 0 Å².